The van der Waals surface area contributed by atoms with Gasteiger partial charge in [0, 0.05) is 21.0 Å². The lowest BCUT2D eigenvalue weighted by Gasteiger charge is -2.26. The van der Waals surface area contributed by atoms with E-state index in [2.05, 4.69) is 21.2 Å². The van der Waals surface area contributed by atoms with E-state index in [4.69, 9.17) is 9.72 Å². The number of aromatic nitrogens is 1. The number of nitrogens with zero attached hydrogens (tertiary/aromatic N) is 1. The Morgan fingerprint density at radius 1 is 1.06 bits per heavy atom. The molecule has 4 rings (SSSR count). The van der Waals surface area contributed by atoms with Crippen LogP contribution in [0.3, 0.4) is 0 Å². The molecule has 3 N–H and O–H groups in total. The highest BCUT2D eigenvalue weighted by Crippen LogP contribution is 2.33. The maximum Gasteiger partial charge on any atom is 0.342 e. The Kier molecular flexibility index (Phi) is 6.86. The van der Waals surface area contributed by atoms with Crippen LogP contribution >= 0.6 is 15.9 Å². The summed E-state index contributed by atoms with van der Waals surface area (Å²) in [7, 11) is 1.38. The minimum atomic E-state index is -2.40. The van der Waals surface area contributed by atoms with Crippen LogP contribution in [0.4, 0.5) is 0 Å². The summed E-state index contributed by atoms with van der Waals surface area (Å²) in [5.41, 5.74) is 0.726. The lowest BCUT2D eigenvalue weighted by atomic mass is 9.92. The summed E-state index contributed by atoms with van der Waals surface area (Å²) < 4.78 is 6.01. The molecule has 1 atom stereocenters. The molecule has 0 saturated carbocycles. The van der Waals surface area contributed by atoms with Gasteiger partial charge in [0.1, 0.15) is 5.75 Å². The highest BCUT2D eigenvalue weighted by molar-refractivity contribution is 9.10. The molecule has 178 valence electrons. The number of aliphatic carboxylic acids is 1. The largest absolute Gasteiger partial charge is 0.496 e. The van der Waals surface area contributed by atoms with Gasteiger partial charge in [-0.05, 0) is 36.8 Å². The molecule has 0 aliphatic rings. The van der Waals surface area contributed by atoms with E-state index < -0.39 is 24.0 Å². The van der Waals surface area contributed by atoms with E-state index >= 15 is 0 Å². The lowest BCUT2D eigenvalue weighted by molar-refractivity contribution is -0.159. The standard InChI is InChI=1S/C27H23BrN2O5/c1-16-23(19-14-18(28)12-13-21(19)30-24(16)17-8-4-3-5-9-17)25(31)29-15-27(34,26(32)33)20-10-6-7-11-22(20)35-2/h3-14,34H,15H2,1-2H3,(H,29,31)(H,32,33). The van der Waals surface area contributed by atoms with Crippen LogP contribution in [0, 0.1) is 6.92 Å². The second-order valence-corrected chi connectivity index (χ2v) is 8.95. The Morgan fingerprint density at radius 3 is 2.43 bits per heavy atom. The zero-order valence-electron chi connectivity index (χ0n) is 19.1. The van der Waals surface area contributed by atoms with Gasteiger partial charge in [-0.2, -0.15) is 0 Å². The van der Waals surface area contributed by atoms with Crippen LogP contribution < -0.4 is 10.1 Å². The van der Waals surface area contributed by atoms with Crippen LogP contribution in [0.1, 0.15) is 21.5 Å². The predicted molar refractivity (Wildman–Crippen MR) is 136 cm³/mol. The van der Waals surface area contributed by atoms with Gasteiger partial charge in [-0.1, -0.05) is 64.5 Å². The first kappa shape index (κ1) is 24.4. The number of fused-ring (bicyclic) bond motifs is 1. The first-order valence-corrected chi connectivity index (χ1v) is 11.6. The smallest absolute Gasteiger partial charge is 0.342 e. The molecule has 0 aliphatic carbocycles. The van der Waals surface area contributed by atoms with Crippen molar-refractivity contribution in [3.63, 3.8) is 0 Å². The topological polar surface area (TPSA) is 109 Å². The molecular weight excluding hydrogens is 512 g/mol. The van der Waals surface area contributed by atoms with Gasteiger partial charge in [0.2, 0.25) is 5.60 Å². The molecule has 1 amide bonds. The van der Waals surface area contributed by atoms with Crippen molar-refractivity contribution in [2.24, 2.45) is 0 Å². The number of carboxylic acids is 1. The Bertz CT molecular complexity index is 1420. The number of para-hydroxylation sites is 1. The fraction of sp³-hybridized carbons (Fsp3) is 0.148. The summed E-state index contributed by atoms with van der Waals surface area (Å²) >= 11 is 3.45. The number of benzene rings is 3. The molecule has 7 nitrogen and oxygen atoms in total. The van der Waals surface area contributed by atoms with Crippen LogP contribution in [0.15, 0.2) is 77.3 Å². The van der Waals surface area contributed by atoms with Crippen LogP contribution in [-0.2, 0) is 10.4 Å². The average Bonchev–Trinajstić information content (AvgIpc) is 2.87. The third-order valence-electron chi connectivity index (χ3n) is 5.88. The summed E-state index contributed by atoms with van der Waals surface area (Å²) in [5, 5.41) is 24.2. The maximum absolute atomic E-state index is 13.5. The van der Waals surface area contributed by atoms with Crippen LogP contribution in [-0.4, -0.2) is 40.7 Å². The zero-order valence-corrected chi connectivity index (χ0v) is 20.7. The Labute approximate surface area is 210 Å². The van der Waals surface area contributed by atoms with Gasteiger partial charge >= 0.3 is 5.97 Å². The van der Waals surface area contributed by atoms with Crippen molar-refractivity contribution in [2.75, 3.05) is 13.7 Å². The van der Waals surface area contributed by atoms with Crippen LogP contribution in [0.2, 0.25) is 0 Å². The third-order valence-corrected chi connectivity index (χ3v) is 6.37. The second kappa shape index (κ2) is 9.85. The van der Waals surface area contributed by atoms with Crippen LogP contribution in [0.25, 0.3) is 22.2 Å². The monoisotopic (exact) mass is 534 g/mol. The lowest BCUT2D eigenvalue weighted by Crippen LogP contribution is -2.47. The van der Waals surface area contributed by atoms with E-state index in [0.717, 1.165) is 10.0 Å². The van der Waals surface area contributed by atoms with E-state index in [1.165, 1.54) is 13.2 Å². The van der Waals surface area contributed by atoms with Gasteiger partial charge in [-0.15, -0.1) is 0 Å². The Balaban J connectivity index is 1.79. The Hall–Kier alpha value is -3.75. The van der Waals surface area contributed by atoms with Gasteiger partial charge in [0.25, 0.3) is 5.91 Å². The number of methoxy groups -OCH3 is 1. The number of aliphatic hydroxyl groups is 1. The zero-order chi connectivity index (χ0) is 25.2. The minimum Gasteiger partial charge on any atom is -0.496 e. The summed E-state index contributed by atoms with van der Waals surface area (Å²) in [5.74, 6) is -1.83. The van der Waals surface area contributed by atoms with Crippen molar-refractivity contribution >= 4 is 38.7 Å². The number of halogens is 1. The second-order valence-electron chi connectivity index (χ2n) is 8.04. The molecule has 0 spiro atoms. The molecule has 1 unspecified atom stereocenters. The van der Waals surface area contributed by atoms with Crippen molar-refractivity contribution < 1.29 is 24.5 Å². The summed E-state index contributed by atoms with van der Waals surface area (Å²) in [6.07, 6.45) is 0. The fourth-order valence-corrected chi connectivity index (χ4v) is 4.43. The summed E-state index contributed by atoms with van der Waals surface area (Å²) in [6, 6.07) is 21.2. The quantitative estimate of drug-likeness (QED) is 0.317. The molecule has 0 radical (unpaired) electrons. The first-order chi connectivity index (χ1) is 16.8. The molecule has 4 aromatic rings. The number of amides is 1. The number of pyridine rings is 1. The molecule has 35 heavy (non-hydrogen) atoms. The molecule has 0 aliphatic heterocycles. The van der Waals surface area contributed by atoms with Crippen molar-refractivity contribution in [3.8, 4) is 17.0 Å². The van der Waals surface area contributed by atoms with E-state index in [1.807, 2.05) is 42.5 Å². The maximum atomic E-state index is 13.5. The molecule has 1 heterocycles. The van der Waals surface area contributed by atoms with Gasteiger partial charge in [0.15, 0.2) is 0 Å². The predicted octanol–water partition coefficient (Wildman–Crippen LogP) is 4.68. The van der Waals surface area contributed by atoms with E-state index in [-0.39, 0.29) is 11.3 Å². The first-order valence-electron chi connectivity index (χ1n) is 10.8. The molecule has 0 saturated heterocycles. The number of ether oxygens (including phenoxy) is 1. The Morgan fingerprint density at radius 2 is 1.74 bits per heavy atom. The van der Waals surface area contributed by atoms with Gasteiger partial charge in [0.05, 0.1) is 30.4 Å². The van der Waals surface area contributed by atoms with E-state index in [1.54, 1.807) is 31.2 Å². The highest BCUT2D eigenvalue weighted by Gasteiger charge is 2.41. The molecule has 0 bridgehead atoms. The van der Waals surface area contributed by atoms with Crippen molar-refractivity contribution in [1.29, 1.82) is 0 Å². The van der Waals surface area contributed by atoms with Crippen molar-refractivity contribution in [3.05, 3.63) is 94.0 Å². The summed E-state index contributed by atoms with van der Waals surface area (Å²) in [6.45, 7) is 1.23. The highest BCUT2D eigenvalue weighted by atomic mass is 79.9. The summed E-state index contributed by atoms with van der Waals surface area (Å²) in [4.78, 5) is 30.4. The van der Waals surface area contributed by atoms with Crippen molar-refractivity contribution in [1.82, 2.24) is 10.3 Å². The third kappa shape index (κ3) is 4.62. The normalized spacial score (nSPS) is 12.7. The van der Waals surface area contributed by atoms with E-state index in [9.17, 15) is 19.8 Å². The number of nitrogens with one attached hydrogen (secondary N) is 1. The number of hydrogen-bond donors (Lipinski definition) is 3. The molecule has 8 heteroatoms. The number of carbonyl (C=O) groups excluding carboxylic acids is 1. The molecule has 3 aromatic carbocycles. The number of carbonyl (C=O) groups is 2. The fourth-order valence-electron chi connectivity index (χ4n) is 4.07. The number of hydrogen-bond acceptors (Lipinski definition) is 5. The van der Waals surface area contributed by atoms with Crippen LogP contribution in [0.5, 0.6) is 5.75 Å². The molecular formula is C27H23BrN2O5. The number of carboxylic acid groups (broad SMARTS) is 1. The molecule has 1 aromatic heterocycles. The average molecular weight is 535 g/mol. The SMILES string of the molecule is COc1ccccc1C(O)(CNC(=O)c1c(C)c(-c2ccccc2)nc2ccc(Br)cc12)C(=O)O. The van der Waals surface area contributed by atoms with Gasteiger partial charge in [-0.25, -0.2) is 9.78 Å². The van der Waals surface area contributed by atoms with Gasteiger partial charge < -0.3 is 20.3 Å². The van der Waals surface area contributed by atoms with Gasteiger partial charge in [-0.3, -0.25) is 4.79 Å². The number of rotatable bonds is 7. The molecule has 0 fully saturated rings. The van der Waals surface area contributed by atoms with Crippen molar-refractivity contribution in [2.45, 2.75) is 12.5 Å². The minimum absolute atomic E-state index is 0.0410. The van der Waals surface area contributed by atoms with E-state index in [0.29, 0.717) is 27.7 Å².